The van der Waals surface area contributed by atoms with Crippen LogP contribution in [0, 0.1) is 6.92 Å². The van der Waals surface area contributed by atoms with Crippen molar-refractivity contribution in [1.82, 2.24) is 14.9 Å². The van der Waals surface area contributed by atoms with Gasteiger partial charge < -0.3 is 14.5 Å². The van der Waals surface area contributed by atoms with E-state index in [-0.39, 0.29) is 11.9 Å². The number of carbonyl (C=O) groups is 2. The highest BCUT2D eigenvalue weighted by atomic mass is 16.6. The zero-order chi connectivity index (χ0) is 21.3. The second kappa shape index (κ2) is 8.30. The molecule has 8 heteroatoms. The number of rotatable bonds is 4. The van der Waals surface area contributed by atoms with Crippen molar-refractivity contribution in [1.29, 1.82) is 0 Å². The van der Waals surface area contributed by atoms with Crippen molar-refractivity contribution >= 4 is 23.6 Å². The highest BCUT2D eigenvalue weighted by Crippen LogP contribution is 2.23. The fourth-order valence-corrected chi connectivity index (χ4v) is 3.94. The number of carbonyl (C=O) groups excluding carboxylic acids is 2. The number of piperazine rings is 1. The molecule has 1 atom stereocenters. The van der Waals surface area contributed by atoms with Crippen molar-refractivity contribution in [2.45, 2.75) is 33.2 Å². The minimum Gasteiger partial charge on any atom is -0.447 e. The fraction of sp³-hybridized carbons (Fsp3) is 0.455. The van der Waals surface area contributed by atoms with E-state index in [9.17, 15) is 9.59 Å². The van der Waals surface area contributed by atoms with Crippen LogP contribution in [0.2, 0.25) is 0 Å². The number of hydrogen-bond acceptors (Lipinski definition) is 6. The van der Waals surface area contributed by atoms with Crippen LogP contribution in [0.3, 0.4) is 0 Å². The maximum absolute atomic E-state index is 12.9. The quantitative estimate of drug-likeness (QED) is 0.773. The first kappa shape index (κ1) is 20.1. The van der Waals surface area contributed by atoms with Gasteiger partial charge in [-0.1, -0.05) is 13.0 Å². The average Bonchev–Trinajstić information content (AvgIpc) is 3.11. The molecule has 0 bridgehead atoms. The number of nitrogens with zero attached hydrogens (tertiary/aromatic N) is 5. The van der Waals surface area contributed by atoms with Crippen LogP contribution in [0.15, 0.2) is 30.6 Å². The summed E-state index contributed by atoms with van der Waals surface area (Å²) >= 11 is 0. The van der Waals surface area contributed by atoms with Gasteiger partial charge in [0, 0.05) is 38.6 Å². The number of aryl methyl sites for hydroxylation is 2. The Morgan fingerprint density at radius 2 is 1.93 bits per heavy atom. The zero-order valence-electron chi connectivity index (χ0n) is 17.7. The minimum atomic E-state index is -0.402. The highest BCUT2D eigenvalue weighted by molar-refractivity contribution is 5.95. The van der Waals surface area contributed by atoms with E-state index < -0.39 is 6.09 Å². The van der Waals surface area contributed by atoms with Gasteiger partial charge in [-0.25, -0.2) is 14.8 Å². The standard InChI is InChI=1S/C22H27N5O3/c1-4-17-11-15(2)20(24-12-17)25-7-9-26(10-8-25)21(28)18-5-6-19(23-13-18)27-16(3)14-30-22(27)29/h5-6,11-13,16H,4,7-10,14H2,1-3H3. The van der Waals surface area contributed by atoms with Gasteiger partial charge in [-0.15, -0.1) is 0 Å². The Balaban J connectivity index is 1.39. The maximum atomic E-state index is 12.9. The number of pyridine rings is 2. The predicted octanol–water partition coefficient (Wildman–Crippen LogP) is 2.65. The topological polar surface area (TPSA) is 78.9 Å². The Kier molecular flexibility index (Phi) is 5.57. The first-order valence-electron chi connectivity index (χ1n) is 10.4. The molecule has 0 aliphatic carbocycles. The lowest BCUT2D eigenvalue weighted by Crippen LogP contribution is -2.49. The highest BCUT2D eigenvalue weighted by Gasteiger charge is 2.32. The van der Waals surface area contributed by atoms with Gasteiger partial charge in [0.2, 0.25) is 0 Å². The summed E-state index contributed by atoms with van der Waals surface area (Å²) in [6, 6.07) is 5.55. The van der Waals surface area contributed by atoms with Crippen molar-refractivity contribution in [2.75, 3.05) is 42.6 Å². The summed E-state index contributed by atoms with van der Waals surface area (Å²) in [5.41, 5.74) is 2.93. The monoisotopic (exact) mass is 409 g/mol. The number of cyclic esters (lactones) is 1. The van der Waals surface area contributed by atoms with Crippen molar-refractivity contribution in [3.63, 3.8) is 0 Å². The third-order valence-electron chi connectivity index (χ3n) is 5.71. The first-order chi connectivity index (χ1) is 14.5. The Morgan fingerprint density at radius 1 is 1.17 bits per heavy atom. The average molecular weight is 409 g/mol. The number of aromatic nitrogens is 2. The van der Waals surface area contributed by atoms with Gasteiger partial charge in [0.05, 0.1) is 11.6 Å². The third kappa shape index (κ3) is 3.81. The van der Waals surface area contributed by atoms with Crippen LogP contribution in [0.25, 0.3) is 0 Å². The molecular weight excluding hydrogens is 382 g/mol. The van der Waals surface area contributed by atoms with Crippen molar-refractivity contribution in [2.24, 2.45) is 0 Å². The van der Waals surface area contributed by atoms with Gasteiger partial charge in [0.25, 0.3) is 5.91 Å². The lowest BCUT2D eigenvalue weighted by molar-refractivity contribution is 0.0746. The van der Waals surface area contributed by atoms with Crippen LogP contribution >= 0.6 is 0 Å². The predicted molar refractivity (Wildman–Crippen MR) is 114 cm³/mol. The molecule has 0 aromatic carbocycles. The molecule has 8 nitrogen and oxygen atoms in total. The summed E-state index contributed by atoms with van der Waals surface area (Å²) in [4.78, 5) is 39.3. The van der Waals surface area contributed by atoms with Crippen molar-refractivity contribution in [3.8, 4) is 0 Å². The van der Waals surface area contributed by atoms with Crippen LogP contribution in [0.5, 0.6) is 0 Å². The molecule has 4 heterocycles. The molecule has 30 heavy (non-hydrogen) atoms. The van der Waals surface area contributed by atoms with Crippen LogP contribution in [-0.4, -0.2) is 65.7 Å². The molecule has 1 unspecified atom stereocenters. The van der Waals surface area contributed by atoms with Crippen LogP contribution in [0.4, 0.5) is 16.4 Å². The summed E-state index contributed by atoms with van der Waals surface area (Å²) in [5, 5.41) is 0. The number of amides is 2. The summed E-state index contributed by atoms with van der Waals surface area (Å²) < 4.78 is 5.03. The molecule has 0 N–H and O–H groups in total. The van der Waals surface area contributed by atoms with E-state index in [4.69, 9.17) is 4.74 Å². The Morgan fingerprint density at radius 3 is 2.50 bits per heavy atom. The molecule has 2 aliphatic heterocycles. The Bertz CT molecular complexity index is 938. The molecule has 158 valence electrons. The number of ether oxygens (including phenoxy) is 1. The van der Waals surface area contributed by atoms with E-state index in [0.29, 0.717) is 31.1 Å². The Hall–Kier alpha value is -3.16. The molecule has 4 rings (SSSR count). The number of hydrogen-bond donors (Lipinski definition) is 0. The zero-order valence-corrected chi connectivity index (χ0v) is 17.7. The van der Waals surface area contributed by atoms with E-state index in [1.54, 1.807) is 12.1 Å². The summed E-state index contributed by atoms with van der Waals surface area (Å²) in [6.07, 6.45) is 4.05. The molecule has 2 saturated heterocycles. The summed E-state index contributed by atoms with van der Waals surface area (Å²) in [5.74, 6) is 1.46. The van der Waals surface area contributed by atoms with Gasteiger partial charge in [0.1, 0.15) is 18.2 Å². The van der Waals surface area contributed by atoms with Crippen LogP contribution in [0.1, 0.15) is 35.3 Å². The second-order valence-corrected chi connectivity index (χ2v) is 7.82. The van der Waals surface area contributed by atoms with E-state index in [1.165, 1.54) is 22.2 Å². The van der Waals surface area contributed by atoms with Gasteiger partial charge >= 0.3 is 6.09 Å². The van der Waals surface area contributed by atoms with E-state index in [1.807, 2.05) is 18.0 Å². The molecule has 0 spiro atoms. The number of anilines is 2. The molecule has 0 saturated carbocycles. The van der Waals surface area contributed by atoms with Gasteiger partial charge in [-0.05, 0) is 43.5 Å². The van der Waals surface area contributed by atoms with Gasteiger partial charge in [0.15, 0.2) is 0 Å². The normalized spacial score (nSPS) is 19.2. The van der Waals surface area contributed by atoms with Crippen molar-refractivity contribution < 1.29 is 14.3 Å². The minimum absolute atomic E-state index is 0.0447. The van der Waals surface area contributed by atoms with Crippen molar-refractivity contribution in [3.05, 3.63) is 47.3 Å². The van der Waals surface area contributed by atoms with Crippen LogP contribution < -0.4 is 9.80 Å². The SMILES string of the molecule is CCc1cnc(N2CCN(C(=O)c3ccc(N4C(=O)OCC4C)nc3)CC2)c(C)c1. The molecule has 0 radical (unpaired) electrons. The fourth-order valence-electron chi connectivity index (χ4n) is 3.94. The molecule has 2 aliphatic rings. The molecule has 2 aromatic rings. The lowest BCUT2D eigenvalue weighted by atomic mass is 10.1. The molecule has 2 amide bonds. The summed E-state index contributed by atoms with van der Waals surface area (Å²) in [6.45, 7) is 9.21. The van der Waals surface area contributed by atoms with E-state index >= 15 is 0 Å². The van der Waals surface area contributed by atoms with Gasteiger partial charge in [-0.3, -0.25) is 9.69 Å². The van der Waals surface area contributed by atoms with Crippen LogP contribution in [-0.2, 0) is 11.2 Å². The lowest BCUT2D eigenvalue weighted by Gasteiger charge is -2.36. The maximum Gasteiger partial charge on any atom is 0.415 e. The Labute approximate surface area is 176 Å². The first-order valence-corrected chi connectivity index (χ1v) is 10.4. The molecule has 2 aromatic heterocycles. The van der Waals surface area contributed by atoms with E-state index in [0.717, 1.165) is 25.3 Å². The van der Waals surface area contributed by atoms with Gasteiger partial charge in [-0.2, -0.15) is 0 Å². The summed E-state index contributed by atoms with van der Waals surface area (Å²) in [7, 11) is 0. The largest absolute Gasteiger partial charge is 0.447 e. The smallest absolute Gasteiger partial charge is 0.415 e. The van der Waals surface area contributed by atoms with E-state index in [2.05, 4.69) is 34.8 Å². The second-order valence-electron chi connectivity index (χ2n) is 7.82. The molecular formula is C22H27N5O3. The third-order valence-corrected chi connectivity index (χ3v) is 5.71. The molecule has 2 fully saturated rings.